The van der Waals surface area contributed by atoms with Crippen LogP contribution in [0.2, 0.25) is 0 Å². The molecule has 2 N–H and O–H groups in total. The fraction of sp³-hybridized carbons (Fsp3) is 0.200. The van der Waals surface area contributed by atoms with Gasteiger partial charge in [0.1, 0.15) is 0 Å². The van der Waals surface area contributed by atoms with Gasteiger partial charge in [-0.1, -0.05) is 11.8 Å². The molecule has 0 fully saturated rings. The largest absolute Gasteiger partial charge is 0.504 e. The van der Waals surface area contributed by atoms with Crippen LogP contribution in [0.25, 0.3) is 5.78 Å². The molecule has 0 saturated heterocycles. The minimum Gasteiger partial charge on any atom is -0.504 e. The number of benzene rings is 1. The third-order valence-electron chi connectivity index (χ3n) is 3.29. The average Bonchev–Trinajstić information content (AvgIpc) is 2.90. The lowest BCUT2D eigenvalue weighted by Gasteiger charge is -2.05. The molecule has 0 radical (unpaired) electrons. The zero-order valence-corrected chi connectivity index (χ0v) is 13.3. The number of aromatic nitrogens is 4. The fourth-order valence-electron chi connectivity index (χ4n) is 2.20. The van der Waals surface area contributed by atoms with Crippen LogP contribution in [0.1, 0.15) is 21.7 Å². The van der Waals surface area contributed by atoms with Gasteiger partial charge in [0.25, 0.3) is 5.78 Å². The van der Waals surface area contributed by atoms with Crippen molar-refractivity contribution in [1.29, 1.82) is 0 Å². The minimum atomic E-state index is -0.315. The van der Waals surface area contributed by atoms with Crippen LogP contribution in [-0.2, 0) is 0 Å². The zero-order valence-electron chi connectivity index (χ0n) is 12.5. The normalized spacial score (nSPS) is 11.0. The van der Waals surface area contributed by atoms with E-state index in [0.29, 0.717) is 16.5 Å². The van der Waals surface area contributed by atoms with Gasteiger partial charge in [-0.3, -0.25) is 9.20 Å². The highest BCUT2D eigenvalue weighted by Gasteiger charge is 2.14. The van der Waals surface area contributed by atoms with Crippen molar-refractivity contribution in [2.24, 2.45) is 0 Å². The summed E-state index contributed by atoms with van der Waals surface area (Å²) in [5.74, 6) is -0.114. The second kappa shape index (κ2) is 5.88. The van der Waals surface area contributed by atoms with E-state index in [2.05, 4.69) is 15.2 Å². The van der Waals surface area contributed by atoms with E-state index in [1.165, 1.54) is 30.0 Å². The lowest BCUT2D eigenvalue weighted by atomic mass is 10.1. The first-order valence-corrected chi connectivity index (χ1v) is 7.81. The van der Waals surface area contributed by atoms with E-state index < -0.39 is 0 Å². The maximum atomic E-state index is 12.2. The molecule has 0 bridgehead atoms. The van der Waals surface area contributed by atoms with Crippen LogP contribution in [0.3, 0.4) is 0 Å². The van der Waals surface area contributed by atoms with Crippen LogP contribution < -0.4 is 0 Å². The minimum absolute atomic E-state index is 0.137. The summed E-state index contributed by atoms with van der Waals surface area (Å²) >= 11 is 1.25. The number of hydrogen-bond acceptors (Lipinski definition) is 7. The number of nitrogens with zero attached hydrogens (tertiary/aromatic N) is 4. The van der Waals surface area contributed by atoms with Crippen LogP contribution in [0.4, 0.5) is 0 Å². The number of carbonyl (C=O) groups excluding carboxylic acids is 1. The first kappa shape index (κ1) is 15.3. The number of ketones is 1. The lowest BCUT2D eigenvalue weighted by molar-refractivity contribution is 0.102. The number of aromatic hydroxyl groups is 2. The summed E-state index contributed by atoms with van der Waals surface area (Å²) in [7, 11) is 0. The Balaban J connectivity index is 1.80. The number of Topliss-reactive ketones (excluding diaryl/α,β-unsaturated/α-hetero) is 1. The predicted molar refractivity (Wildman–Crippen MR) is 85.1 cm³/mol. The summed E-state index contributed by atoms with van der Waals surface area (Å²) in [5, 5.41) is 27.4. The summed E-state index contributed by atoms with van der Waals surface area (Å²) < 4.78 is 1.79. The van der Waals surface area contributed by atoms with Crippen molar-refractivity contribution >= 4 is 23.3 Å². The molecule has 118 valence electrons. The van der Waals surface area contributed by atoms with E-state index in [9.17, 15) is 15.0 Å². The smallest absolute Gasteiger partial charge is 0.256 e. The number of aryl methyl sites for hydroxylation is 2. The summed E-state index contributed by atoms with van der Waals surface area (Å²) in [6.07, 6.45) is 0. The molecule has 0 amide bonds. The molecule has 1 aromatic carbocycles. The quantitative estimate of drug-likeness (QED) is 0.429. The molecule has 0 aliphatic heterocycles. The number of fused-ring (bicyclic) bond motifs is 1. The van der Waals surface area contributed by atoms with Gasteiger partial charge in [0, 0.05) is 17.0 Å². The first-order chi connectivity index (χ1) is 11.0. The Morgan fingerprint density at radius 3 is 2.70 bits per heavy atom. The van der Waals surface area contributed by atoms with Crippen molar-refractivity contribution in [3.05, 3.63) is 41.2 Å². The Bertz CT molecular complexity index is 907. The highest BCUT2D eigenvalue weighted by molar-refractivity contribution is 7.99. The lowest BCUT2D eigenvalue weighted by Crippen LogP contribution is -2.04. The molecule has 7 nitrogen and oxygen atoms in total. The van der Waals surface area contributed by atoms with Crippen molar-refractivity contribution in [1.82, 2.24) is 19.6 Å². The number of phenolic OH excluding ortho intramolecular Hbond substituents is 2. The fourth-order valence-corrected chi connectivity index (χ4v) is 3.08. The van der Waals surface area contributed by atoms with Crippen LogP contribution >= 0.6 is 11.8 Å². The molecule has 0 aliphatic rings. The molecule has 2 aromatic heterocycles. The second-order valence-corrected chi connectivity index (χ2v) is 6.01. The van der Waals surface area contributed by atoms with Gasteiger partial charge in [0.2, 0.25) is 0 Å². The Morgan fingerprint density at radius 2 is 1.96 bits per heavy atom. The third-order valence-corrected chi connectivity index (χ3v) is 4.22. The van der Waals surface area contributed by atoms with Crippen LogP contribution in [-0.4, -0.2) is 41.3 Å². The molecule has 0 aliphatic carbocycles. The Labute approximate surface area is 136 Å². The van der Waals surface area contributed by atoms with Gasteiger partial charge in [-0.15, -0.1) is 10.2 Å². The van der Waals surface area contributed by atoms with Crippen LogP contribution in [0.15, 0.2) is 29.4 Å². The van der Waals surface area contributed by atoms with Crippen molar-refractivity contribution < 1.29 is 15.0 Å². The van der Waals surface area contributed by atoms with E-state index in [0.717, 1.165) is 11.4 Å². The first-order valence-electron chi connectivity index (χ1n) is 6.83. The number of thioether (sulfide) groups is 1. The van der Waals surface area contributed by atoms with E-state index >= 15 is 0 Å². The zero-order chi connectivity index (χ0) is 16.6. The molecule has 0 unspecified atom stereocenters. The van der Waals surface area contributed by atoms with E-state index in [1.54, 1.807) is 4.40 Å². The average molecular weight is 330 g/mol. The molecular weight excluding hydrogens is 316 g/mol. The summed E-state index contributed by atoms with van der Waals surface area (Å²) in [5.41, 5.74) is 2.12. The van der Waals surface area contributed by atoms with Crippen molar-refractivity contribution in [3.8, 4) is 11.5 Å². The maximum Gasteiger partial charge on any atom is 0.256 e. The molecule has 3 aromatic rings. The molecule has 0 saturated carbocycles. The van der Waals surface area contributed by atoms with Gasteiger partial charge in [0.15, 0.2) is 22.4 Å². The van der Waals surface area contributed by atoms with Crippen LogP contribution in [0.5, 0.6) is 11.5 Å². The molecule has 3 rings (SSSR count). The summed E-state index contributed by atoms with van der Waals surface area (Å²) in [6, 6.07) is 5.92. The van der Waals surface area contributed by atoms with Crippen LogP contribution in [0, 0.1) is 13.8 Å². The van der Waals surface area contributed by atoms with E-state index in [-0.39, 0.29) is 23.0 Å². The van der Waals surface area contributed by atoms with Crippen molar-refractivity contribution in [2.75, 3.05) is 5.75 Å². The highest BCUT2D eigenvalue weighted by atomic mass is 32.2. The standard InChI is InChI=1S/C15H14N4O3S/c1-8-5-9(2)19-14(16-8)17-18-15(19)23-7-13(22)10-3-4-11(20)12(21)6-10/h3-6,20-21H,7H2,1-2H3. The Hall–Kier alpha value is -2.61. The Kier molecular flexibility index (Phi) is 3.91. The van der Waals surface area contributed by atoms with Gasteiger partial charge in [-0.05, 0) is 38.1 Å². The van der Waals surface area contributed by atoms with Gasteiger partial charge in [0.05, 0.1) is 5.75 Å². The molecule has 0 atom stereocenters. The van der Waals surface area contributed by atoms with Gasteiger partial charge in [-0.2, -0.15) is 0 Å². The van der Waals surface area contributed by atoms with Gasteiger partial charge < -0.3 is 10.2 Å². The molecule has 0 spiro atoms. The van der Waals surface area contributed by atoms with Gasteiger partial charge in [-0.25, -0.2) is 4.98 Å². The van der Waals surface area contributed by atoms with Crippen molar-refractivity contribution in [3.63, 3.8) is 0 Å². The molecule has 23 heavy (non-hydrogen) atoms. The third kappa shape index (κ3) is 2.98. The molecule has 8 heteroatoms. The number of phenols is 2. The van der Waals surface area contributed by atoms with Gasteiger partial charge >= 0.3 is 0 Å². The predicted octanol–water partition coefficient (Wildman–Crippen LogP) is 2.13. The highest BCUT2D eigenvalue weighted by Crippen LogP contribution is 2.26. The number of carbonyl (C=O) groups is 1. The topological polar surface area (TPSA) is 101 Å². The SMILES string of the molecule is Cc1cc(C)n2c(SCC(=O)c3ccc(O)c(O)c3)nnc2n1. The van der Waals surface area contributed by atoms with E-state index in [4.69, 9.17) is 0 Å². The second-order valence-electron chi connectivity index (χ2n) is 5.07. The Morgan fingerprint density at radius 1 is 1.17 bits per heavy atom. The number of rotatable bonds is 4. The molecular formula is C15H14N4O3S. The maximum absolute atomic E-state index is 12.2. The summed E-state index contributed by atoms with van der Waals surface area (Å²) in [4.78, 5) is 16.5. The van der Waals surface area contributed by atoms with E-state index in [1.807, 2.05) is 19.9 Å². The summed E-state index contributed by atoms with van der Waals surface area (Å²) in [6.45, 7) is 3.81. The monoisotopic (exact) mass is 330 g/mol. The number of hydrogen-bond donors (Lipinski definition) is 2. The molecule has 2 heterocycles. The van der Waals surface area contributed by atoms with Crippen molar-refractivity contribution in [2.45, 2.75) is 19.0 Å².